The molecule has 0 saturated heterocycles. The van der Waals surface area contributed by atoms with Crippen LogP contribution in [-0.2, 0) is 7.05 Å². The maximum Gasteiger partial charge on any atom is 0.0646 e. The topological polar surface area (TPSA) is 29.9 Å². The molecule has 2 aromatic rings. The Morgan fingerprint density at radius 1 is 1.21 bits per heavy atom. The minimum absolute atomic E-state index is 0.198. The van der Waals surface area contributed by atoms with Gasteiger partial charge in [0.25, 0.3) is 0 Å². The molecule has 0 amide bonds. The number of halogens is 2. The lowest BCUT2D eigenvalue weighted by Gasteiger charge is -2.18. The Hall–Kier alpha value is -0.810. The van der Waals surface area contributed by atoms with Crippen LogP contribution in [0.2, 0.25) is 0 Å². The van der Waals surface area contributed by atoms with Gasteiger partial charge in [0.1, 0.15) is 0 Å². The number of hydrogen-bond donors (Lipinski definition) is 1. The zero-order valence-corrected chi connectivity index (χ0v) is 14.6. The lowest BCUT2D eigenvalue weighted by atomic mass is 10.1. The van der Waals surface area contributed by atoms with E-state index in [4.69, 9.17) is 0 Å². The fraction of sp³-hybridized carbons (Fsp3) is 0.357. The number of anilines is 1. The smallest absolute Gasteiger partial charge is 0.0646 e. The van der Waals surface area contributed by atoms with Crippen LogP contribution < -0.4 is 5.32 Å². The van der Waals surface area contributed by atoms with Gasteiger partial charge in [-0.05, 0) is 70.3 Å². The monoisotopic (exact) mass is 385 g/mol. The Morgan fingerprint density at radius 2 is 1.79 bits per heavy atom. The highest BCUT2D eigenvalue weighted by Crippen LogP contribution is 2.35. The van der Waals surface area contributed by atoms with Crippen molar-refractivity contribution in [3.05, 3.63) is 44.1 Å². The first-order valence-electron chi connectivity index (χ1n) is 6.11. The second-order valence-electron chi connectivity index (χ2n) is 4.81. The summed E-state index contributed by atoms with van der Waals surface area (Å²) in [6, 6.07) is 4.41. The van der Waals surface area contributed by atoms with Crippen LogP contribution in [0.15, 0.2) is 27.3 Å². The van der Waals surface area contributed by atoms with Crippen molar-refractivity contribution in [2.24, 2.45) is 7.05 Å². The van der Waals surface area contributed by atoms with Gasteiger partial charge in [-0.1, -0.05) is 0 Å². The molecule has 1 heterocycles. The molecular weight excluding hydrogens is 370 g/mol. The van der Waals surface area contributed by atoms with E-state index in [-0.39, 0.29) is 6.04 Å². The molecule has 19 heavy (non-hydrogen) atoms. The third kappa shape index (κ3) is 3.20. The summed E-state index contributed by atoms with van der Waals surface area (Å²) < 4.78 is 3.97. The molecule has 1 N–H and O–H groups in total. The zero-order valence-electron chi connectivity index (χ0n) is 11.5. The van der Waals surface area contributed by atoms with E-state index in [1.54, 1.807) is 0 Å². The quantitative estimate of drug-likeness (QED) is 0.825. The van der Waals surface area contributed by atoms with Crippen molar-refractivity contribution >= 4 is 37.5 Å². The lowest BCUT2D eigenvalue weighted by molar-refractivity contribution is 0.756. The maximum absolute atomic E-state index is 4.39. The molecule has 1 aromatic heterocycles. The van der Waals surface area contributed by atoms with Gasteiger partial charge in [-0.25, -0.2) is 0 Å². The van der Waals surface area contributed by atoms with Crippen molar-refractivity contribution in [2.45, 2.75) is 26.8 Å². The van der Waals surface area contributed by atoms with Crippen LogP contribution in [0, 0.1) is 13.8 Å². The van der Waals surface area contributed by atoms with Gasteiger partial charge >= 0.3 is 0 Å². The summed E-state index contributed by atoms with van der Waals surface area (Å²) in [5.41, 5.74) is 4.56. The van der Waals surface area contributed by atoms with Gasteiger partial charge in [0.05, 0.1) is 17.4 Å². The van der Waals surface area contributed by atoms with Gasteiger partial charge in [0.15, 0.2) is 0 Å². The molecule has 0 aliphatic heterocycles. The van der Waals surface area contributed by atoms with Crippen molar-refractivity contribution < 1.29 is 0 Å². The minimum Gasteiger partial charge on any atom is -0.377 e. The van der Waals surface area contributed by atoms with Crippen LogP contribution in [0.1, 0.15) is 29.8 Å². The first-order valence-corrected chi connectivity index (χ1v) is 7.69. The number of nitrogens with zero attached hydrogens (tertiary/aromatic N) is 2. The Labute approximate surface area is 130 Å². The number of aryl methyl sites for hydroxylation is 3. The van der Waals surface area contributed by atoms with Gasteiger partial charge in [-0.3, -0.25) is 4.68 Å². The van der Waals surface area contributed by atoms with Gasteiger partial charge < -0.3 is 5.32 Å². The predicted molar refractivity (Wildman–Crippen MR) is 86.6 cm³/mol. The van der Waals surface area contributed by atoms with E-state index in [2.05, 4.69) is 74.5 Å². The first-order chi connectivity index (χ1) is 8.88. The summed E-state index contributed by atoms with van der Waals surface area (Å²) >= 11 is 7.22. The molecule has 0 fully saturated rings. The summed E-state index contributed by atoms with van der Waals surface area (Å²) in [6.07, 6.45) is 2.06. The van der Waals surface area contributed by atoms with E-state index in [1.165, 1.54) is 11.1 Å². The molecular formula is C14H17Br2N3. The van der Waals surface area contributed by atoms with Gasteiger partial charge in [-0.15, -0.1) is 0 Å². The molecule has 0 spiro atoms. The van der Waals surface area contributed by atoms with Crippen molar-refractivity contribution in [2.75, 3.05) is 5.32 Å². The van der Waals surface area contributed by atoms with Crippen molar-refractivity contribution in [3.63, 3.8) is 0 Å². The number of benzene rings is 1. The van der Waals surface area contributed by atoms with Crippen LogP contribution in [0.5, 0.6) is 0 Å². The van der Waals surface area contributed by atoms with E-state index >= 15 is 0 Å². The van der Waals surface area contributed by atoms with Crippen molar-refractivity contribution in [1.82, 2.24) is 9.78 Å². The molecule has 0 saturated carbocycles. The van der Waals surface area contributed by atoms with Crippen LogP contribution in [0.3, 0.4) is 0 Å². The molecule has 0 aliphatic rings. The Balaban J connectivity index is 2.29. The second kappa shape index (κ2) is 5.67. The lowest BCUT2D eigenvalue weighted by Crippen LogP contribution is -2.08. The first kappa shape index (κ1) is 14.6. The maximum atomic E-state index is 4.39. The van der Waals surface area contributed by atoms with Crippen LogP contribution in [-0.4, -0.2) is 9.78 Å². The Bertz CT molecular complexity index is 582. The summed E-state index contributed by atoms with van der Waals surface area (Å²) in [5, 5.41) is 7.91. The number of nitrogens with one attached hydrogen (secondary N) is 1. The van der Waals surface area contributed by atoms with Crippen molar-refractivity contribution in [1.29, 1.82) is 0 Å². The molecule has 2 rings (SSSR count). The highest BCUT2D eigenvalue weighted by atomic mass is 79.9. The number of hydrogen-bond acceptors (Lipinski definition) is 2. The third-order valence-corrected chi connectivity index (χ3v) is 4.32. The van der Waals surface area contributed by atoms with Gasteiger partial charge in [-0.2, -0.15) is 5.10 Å². The SMILES string of the molecule is Cc1cc(Br)c(NC(C)c2cn(C)nc2C)c(Br)c1. The molecule has 3 nitrogen and oxygen atoms in total. The number of aromatic nitrogens is 2. The fourth-order valence-corrected chi connectivity index (χ4v) is 3.82. The molecule has 5 heteroatoms. The summed E-state index contributed by atoms with van der Waals surface area (Å²) in [4.78, 5) is 0. The summed E-state index contributed by atoms with van der Waals surface area (Å²) in [5.74, 6) is 0. The third-order valence-electron chi connectivity index (χ3n) is 3.07. The molecule has 1 aromatic carbocycles. The van der Waals surface area contributed by atoms with Crippen LogP contribution >= 0.6 is 31.9 Å². The predicted octanol–water partition coefficient (Wildman–Crippen LogP) is 4.74. The van der Waals surface area contributed by atoms with Crippen LogP contribution in [0.4, 0.5) is 5.69 Å². The zero-order chi connectivity index (χ0) is 14.2. The Kier molecular flexibility index (Phi) is 4.36. The molecule has 0 aliphatic carbocycles. The average Bonchev–Trinajstić information content (AvgIpc) is 2.62. The van der Waals surface area contributed by atoms with E-state index in [0.29, 0.717) is 0 Å². The molecule has 0 bridgehead atoms. The second-order valence-corrected chi connectivity index (χ2v) is 6.52. The largest absolute Gasteiger partial charge is 0.377 e. The van der Waals surface area contributed by atoms with Gasteiger partial charge in [0.2, 0.25) is 0 Å². The molecule has 0 radical (unpaired) electrons. The number of rotatable bonds is 3. The molecule has 1 atom stereocenters. The summed E-state index contributed by atoms with van der Waals surface area (Å²) in [7, 11) is 1.95. The highest BCUT2D eigenvalue weighted by molar-refractivity contribution is 9.11. The Morgan fingerprint density at radius 3 is 2.26 bits per heavy atom. The van der Waals surface area contributed by atoms with Crippen LogP contribution in [0.25, 0.3) is 0 Å². The average molecular weight is 387 g/mol. The van der Waals surface area contributed by atoms with E-state index in [0.717, 1.165) is 20.3 Å². The molecule has 102 valence electrons. The van der Waals surface area contributed by atoms with Crippen molar-refractivity contribution in [3.8, 4) is 0 Å². The standard InChI is InChI=1S/C14H17Br2N3/c1-8-5-12(15)14(13(16)6-8)17-9(2)11-7-19(4)18-10(11)3/h5-7,9,17H,1-4H3. The minimum atomic E-state index is 0.198. The van der Waals surface area contributed by atoms with E-state index < -0.39 is 0 Å². The van der Waals surface area contributed by atoms with E-state index in [9.17, 15) is 0 Å². The fourth-order valence-electron chi connectivity index (χ4n) is 2.18. The highest BCUT2D eigenvalue weighted by Gasteiger charge is 2.14. The summed E-state index contributed by atoms with van der Waals surface area (Å²) in [6.45, 7) is 6.25. The van der Waals surface area contributed by atoms with Gasteiger partial charge in [0, 0.05) is 27.8 Å². The normalized spacial score (nSPS) is 12.5. The van der Waals surface area contributed by atoms with E-state index in [1.807, 2.05) is 18.7 Å². The molecule has 1 unspecified atom stereocenters.